The summed E-state index contributed by atoms with van der Waals surface area (Å²) < 4.78 is 30.9. The summed E-state index contributed by atoms with van der Waals surface area (Å²) in [5.41, 5.74) is 2.22. The summed E-state index contributed by atoms with van der Waals surface area (Å²) in [5, 5.41) is 25.7. The number of rotatable bonds is 11. The number of carboxylic acid groups (broad SMARTS) is 1. The number of ether oxygens (including phenoxy) is 3. The van der Waals surface area contributed by atoms with Crippen LogP contribution in [0.2, 0.25) is 0 Å². The molecule has 0 spiro atoms. The standard InChI is InChI=1S/C25H24FNO5.CH4O.Na/c1-30-24-13-17(7-11-23(24)32-16-22(27)19-5-3-2-4-6-19)15-31-20-10-8-18(21(26)14-20)9-12-25(28)29;1-2;/h2-8,10-11,13-14,27H,9,12,15-16H2,1H3,(H,28,29);2H,1H3;/q;;+1/p-1. The van der Waals surface area contributed by atoms with Crippen molar-refractivity contribution in [1.29, 1.82) is 5.41 Å². The van der Waals surface area contributed by atoms with Gasteiger partial charge in [-0.3, -0.25) is 0 Å². The third-order valence-electron chi connectivity index (χ3n) is 4.75. The van der Waals surface area contributed by atoms with Crippen molar-refractivity contribution in [2.24, 2.45) is 0 Å². The van der Waals surface area contributed by atoms with Crippen LogP contribution < -0.4 is 48.9 Å². The van der Waals surface area contributed by atoms with Gasteiger partial charge in [-0.25, -0.2) is 4.39 Å². The zero-order valence-corrected chi connectivity index (χ0v) is 22.0. The quantitative estimate of drug-likeness (QED) is 0.292. The van der Waals surface area contributed by atoms with E-state index in [4.69, 9.17) is 24.7 Å². The molecule has 0 aliphatic rings. The van der Waals surface area contributed by atoms with E-state index in [-0.39, 0.29) is 55.6 Å². The van der Waals surface area contributed by atoms with Crippen LogP contribution in [-0.4, -0.2) is 37.6 Å². The van der Waals surface area contributed by atoms with Gasteiger partial charge >= 0.3 is 29.6 Å². The molecule has 9 heteroatoms. The molecule has 0 fully saturated rings. The Labute approximate surface area is 226 Å². The van der Waals surface area contributed by atoms with E-state index in [1.165, 1.54) is 19.2 Å². The first-order valence-corrected chi connectivity index (χ1v) is 10.4. The van der Waals surface area contributed by atoms with Crippen LogP contribution in [0.5, 0.6) is 17.2 Å². The molecule has 0 saturated heterocycles. The number of aliphatic carboxylic acids is 1. The van der Waals surface area contributed by atoms with Crippen molar-refractivity contribution < 1.29 is 63.2 Å². The summed E-state index contributed by atoms with van der Waals surface area (Å²) in [5.74, 6) is -0.416. The van der Waals surface area contributed by atoms with Crippen molar-refractivity contribution in [1.82, 2.24) is 0 Å². The minimum Gasteiger partial charge on any atom is -0.550 e. The average Bonchev–Trinajstić information content (AvgIpc) is 2.87. The minimum atomic E-state index is -1.22. The SMILES string of the molecule is CO.COc1cc(COc2ccc(CCC(=O)[O-])c(F)c2)ccc1OCC(=N)c1ccccc1.[Na+]. The Morgan fingerprint density at radius 1 is 1.00 bits per heavy atom. The maximum atomic E-state index is 14.1. The first-order valence-electron chi connectivity index (χ1n) is 10.4. The Hall–Kier alpha value is -2.91. The van der Waals surface area contributed by atoms with Gasteiger partial charge in [0.05, 0.1) is 12.8 Å². The third kappa shape index (κ3) is 9.70. The smallest absolute Gasteiger partial charge is 0.550 e. The zero-order chi connectivity index (χ0) is 24.9. The molecular formula is C26H27FNNaO6. The van der Waals surface area contributed by atoms with Gasteiger partial charge in [0.2, 0.25) is 0 Å². The van der Waals surface area contributed by atoms with Crippen LogP contribution in [0.4, 0.5) is 4.39 Å². The van der Waals surface area contributed by atoms with E-state index in [0.29, 0.717) is 28.5 Å². The number of nitrogens with one attached hydrogen (secondary N) is 1. The molecule has 0 atom stereocenters. The Kier molecular flexibility index (Phi) is 13.7. The summed E-state index contributed by atoms with van der Waals surface area (Å²) in [4.78, 5) is 10.5. The van der Waals surface area contributed by atoms with Gasteiger partial charge in [0.25, 0.3) is 0 Å². The van der Waals surface area contributed by atoms with Crippen LogP contribution in [0.25, 0.3) is 0 Å². The second-order valence-corrected chi connectivity index (χ2v) is 7.03. The van der Waals surface area contributed by atoms with E-state index in [1.54, 1.807) is 24.3 Å². The zero-order valence-electron chi connectivity index (χ0n) is 20.0. The summed E-state index contributed by atoms with van der Waals surface area (Å²) in [6, 6.07) is 18.9. The Bertz CT molecular complexity index is 1090. The van der Waals surface area contributed by atoms with Crippen LogP contribution in [0.15, 0.2) is 66.7 Å². The fraction of sp³-hybridized carbons (Fsp3) is 0.231. The van der Waals surface area contributed by atoms with Crippen molar-refractivity contribution in [2.75, 3.05) is 20.8 Å². The second-order valence-electron chi connectivity index (χ2n) is 7.03. The van der Waals surface area contributed by atoms with Gasteiger partial charge < -0.3 is 34.6 Å². The van der Waals surface area contributed by atoms with Gasteiger partial charge in [-0.1, -0.05) is 42.5 Å². The summed E-state index contributed by atoms with van der Waals surface area (Å²) in [6.07, 6.45) is -0.176. The monoisotopic (exact) mass is 491 g/mol. The Morgan fingerprint density at radius 2 is 1.71 bits per heavy atom. The van der Waals surface area contributed by atoms with E-state index in [9.17, 15) is 14.3 Å². The normalized spacial score (nSPS) is 9.71. The summed E-state index contributed by atoms with van der Waals surface area (Å²) in [7, 11) is 2.52. The number of aryl methyl sites for hydroxylation is 1. The van der Waals surface area contributed by atoms with Crippen molar-refractivity contribution in [2.45, 2.75) is 19.4 Å². The molecule has 0 saturated carbocycles. The average molecular weight is 491 g/mol. The van der Waals surface area contributed by atoms with E-state index in [2.05, 4.69) is 0 Å². The number of aliphatic hydroxyl groups excluding tert-OH is 1. The summed E-state index contributed by atoms with van der Waals surface area (Å²) >= 11 is 0. The molecule has 0 aromatic heterocycles. The minimum absolute atomic E-state index is 0. The van der Waals surface area contributed by atoms with Crippen molar-refractivity contribution in [3.05, 3.63) is 89.2 Å². The van der Waals surface area contributed by atoms with Gasteiger partial charge in [-0.05, 0) is 47.7 Å². The third-order valence-corrected chi connectivity index (χ3v) is 4.75. The number of carbonyl (C=O) groups is 1. The predicted octanol–water partition coefficient (Wildman–Crippen LogP) is 0.155. The second kappa shape index (κ2) is 15.9. The molecule has 0 bridgehead atoms. The Morgan fingerprint density at radius 3 is 2.34 bits per heavy atom. The fourth-order valence-corrected chi connectivity index (χ4v) is 3.02. The predicted molar refractivity (Wildman–Crippen MR) is 124 cm³/mol. The van der Waals surface area contributed by atoms with E-state index >= 15 is 0 Å². The van der Waals surface area contributed by atoms with Crippen LogP contribution >= 0.6 is 0 Å². The molecule has 0 amide bonds. The van der Waals surface area contributed by atoms with Crippen LogP contribution in [-0.2, 0) is 17.8 Å². The largest absolute Gasteiger partial charge is 1.00 e. The molecule has 0 unspecified atom stereocenters. The molecule has 2 N–H and O–H groups in total. The van der Waals surface area contributed by atoms with Crippen molar-refractivity contribution in [3.63, 3.8) is 0 Å². The molecule has 180 valence electrons. The number of halogens is 1. The van der Waals surface area contributed by atoms with E-state index < -0.39 is 11.8 Å². The molecule has 7 nitrogen and oxygen atoms in total. The van der Waals surface area contributed by atoms with Gasteiger partial charge in [0, 0.05) is 19.1 Å². The summed E-state index contributed by atoms with van der Waals surface area (Å²) in [6.45, 7) is 0.272. The first-order chi connectivity index (χ1) is 16.5. The number of benzene rings is 3. The number of hydrogen-bond donors (Lipinski definition) is 2. The molecular weight excluding hydrogens is 464 g/mol. The maximum absolute atomic E-state index is 14.1. The molecule has 35 heavy (non-hydrogen) atoms. The number of carbonyl (C=O) groups excluding carboxylic acids is 1. The van der Waals surface area contributed by atoms with Crippen LogP contribution in [0.1, 0.15) is 23.1 Å². The van der Waals surface area contributed by atoms with Crippen LogP contribution in [0.3, 0.4) is 0 Å². The van der Waals surface area contributed by atoms with E-state index in [0.717, 1.165) is 18.2 Å². The van der Waals surface area contributed by atoms with E-state index in [1.807, 2.05) is 30.3 Å². The van der Waals surface area contributed by atoms with Crippen molar-refractivity contribution in [3.8, 4) is 17.2 Å². The van der Waals surface area contributed by atoms with Crippen molar-refractivity contribution >= 4 is 11.7 Å². The topological polar surface area (TPSA) is 112 Å². The van der Waals surface area contributed by atoms with Crippen LogP contribution in [0, 0.1) is 11.2 Å². The maximum Gasteiger partial charge on any atom is 1.00 e. The number of methoxy groups -OCH3 is 1. The van der Waals surface area contributed by atoms with Gasteiger partial charge in [0.1, 0.15) is 24.8 Å². The molecule has 0 aliphatic carbocycles. The van der Waals surface area contributed by atoms with Gasteiger partial charge in [-0.2, -0.15) is 0 Å². The number of carboxylic acids is 1. The molecule has 3 rings (SSSR count). The Balaban J connectivity index is 0.00000199. The first kappa shape index (κ1) is 30.1. The molecule has 3 aromatic rings. The number of aliphatic hydroxyl groups is 1. The molecule has 0 heterocycles. The number of hydrogen-bond acceptors (Lipinski definition) is 7. The molecule has 3 aromatic carbocycles. The van der Waals surface area contributed by atoms with Gasteiger partial charge in [-0.15, -0.1) is 0 Å². The molecule has 0 radical (unpaired) electrons. The van der Waals surface area contributed by atoms with Gasteiger partial charge in [0.15, 0.2) is 11.5 Å². The fourth-order valence-electron chi connectivity index (χ4n) is 3.02. The molecule has 0 aliphatic heterocycles.